The van der Waals surface area contributed by atoms with E-state index in [1.54, 1.807) is 6.08 Å². The van der Waals surface area contributed by atoms with Crippen LogP contribution >= 0.6 is 11.3 Å². The van der Waals surface area contributed by atoms with E-state index in [9.17, 15) is 14.9 Å². The quantitative estimate of drug-likeness (QED) is 0.486. The fraction of sp³-hybridized carbons (Fsp3) is 0.200. The van der Waals surface area contributed by atoms with E-state index in [4.69, 9.17) is 0 Å². The molecule has 0 bridgehead atoms. The van der Waals surface area contributed by atoms with Gasteiger partial charge in [0.2, 0.25) is 0 Å². The number of hydrogen-bond donors (Lipinski definition) is 2. The topological polar surface area (TPSA) is 94.4 Å². The third-order valence-electron chi connectivity index (χ3n) is 4.13. The highest BCUT2D eigenvalue weighted by Crippen LogP contribution is 2.37. The normalized spacial score (nSPS) is 13.3. The Morgan fingerprint density at radius 1 is 1.15 bits per heavy atom. The number of aryl methyl sites for hydroxylation is 1. The zero-order valence-electron chi connectivity index (χ0n) is 14.6. The van der Waals surface area contributed by atoms with Crippen molar-refractivity contribution in [1.29, 1.82) is 5.26 Å². The van der Waals surface area contributed by atoms with E-state index in [2.05, 4.69) is 21.9 Å². The first-order valence-electron chi connectivity index (χ1n) is 8.60. The van der Waals surface area contributed by atoms with Crippen LogP contribution in [-0.2, 0) is 22.4 Å². The number of anilines is 1. The van der Waals surface area contributed by atoms with E-state index in [0.29, 0.717) is 10.6 Å². The van der Waals surface area contributed by atoms with Crippen LogP contribution < -0.4 is 10.7 Å². The van der Waals surface area contributed by atoms with Crippen LogP contribution in [0.5, 0.6) is 0 Å². The van der Waals surface area contributed by atoms with Crippen molar-refractivity contribution in [3.63, 3.8) is 0 Å². The number of rotatable bonds is 4. The third-order valence-corrected chi connectivity index (χ3v) is 5.34. The Hall–Kier alpha value is -3.24. The molecule has 6 nitrogen and oxygen atoms in total. The number of allylic oxidation sites excluding steroid dienone is 1. The number of carbonyl (C=O) groups excluding carboxylic acids is 2. The lowest BCUT2D eigenvalue weighted by atomic mass is 9.96. The molecule has 1 heterocycles. The lowest BCUT2D eigenvalue weighted by Gasteiger charge is -2.09. The van der Waals surface area contributed by atoms with Gasteiger partial charge in [-0.3, -0.25) is 9.59 Å². The van der Waals surface area contributed by atoms with Gasteiger partial charge in [0, 0.05) is 11.1 Å². The maximum Gasteiger partial charge on any atom is 0.329 e. The molecule has 1 aliphatic rings. The molecule has 136 valence electrons. The molecule has 0 atom stereocenters. The molecule has 1 aliphatic carbocycles. The number of hydrazone groups is 1. The molecule has 2 N–H and O–H groups in total. The van der Waals surface area contributed by atoms with E-state index in [1.165, 1.54) is 17.6 Å². The van der Waals surface area contributed by atoms with Gasteiger partial charge >= 0.3 is 11.8 Å². The molecule has 0 saturated heterocycles. The van der Waals surface area contributed by atoms with Crippen LogP contribution in [0, 0.1) is 11.3 Å². The number of amides is 2. The molecule has 0 spiro atoms. The number of fused-ring (bicyclic) bond motifs is 1. The molecule has 1 aromatic carbocycles. The molecular weight excluding hydrogens is 360 g/mol. The van der Waals surface area contributed by atoms with Crippen molar-refractivity contribution in [3.8, 4) is 6.07 Å². The van der Waals surface area contributed by atoms with E-state index in [0.717, 1.165) is 41.7 Å². The highest BCUT2D eigenvalue weighted by molar-refractivity contribution is 7.16. The van der Waals surface area contributed by atoms with E-state index in [1.807, 2.05) is 36.4 Å². The summed E-state index contributed by atoms with van der Waals surface area (Å²) in [5.41, 5.74) is 4.66. The van der Waals surface area contributed by atoms with Crippen LogP contribution in [-0.4, -0.2) is 18.0 Å². The lowest BCUT2D eigenvalue weighted by Crippen LogP contribution is -2.32. The second kappa shape index (κ2) is 8.92. The van der Waals surface area contributed by atoms with Crippen molar-refractivity contribution in [1.82, 2.24) is 5.43 Å². The van der Waals surface area contributed by atoms with Crippen molar-refractivity contribution in [2.45, 2.75) is 25.7 Å². The van der Waals surface area contributed by atoms with Gasteiger partial charge in [0.15, 0.2) is 0 Å². The van der Waals surface area contributed by atoms with Crippen LogP contribution in [0.1, 0.15) is 34.4 Å². The molecule has 27 heavy (non-hydrogen) atoms. The minimum atomic E-state index is -0.880. The van der Waals surface area contributed by atoms with Crippen LogP contribution in [0.4, 0.5) is 5.00 Å². The van der Waals surface area contributed by atoms with Gasteiger partial charge in [-0.25, -0.2) is 5.43 Å². The van der Waals surface area contributed by atoms with E-state index >= 15 is 0 Å². The zero-order chi connectivity index (χ0) is 19.1. The van der Waals surface area contributed by atoms with Gasteiger partial charge in [0.1, 0.15) is 11.1 Å². The van der Waals surface area contributed by atoms with E-state index in [-0.39, 0.29) is 0 Å². The number of nitriles is 1. The Kier molecular flexibility index (Phi) is 6.13. The van der Waals surface area contributed by atoms with Gasteiger partial charge in [-0.2, -0.15) is 10.4 Å². The molecular formula is C20H18N4O2S. The predicted molar refractivity (Wildman–Crippen MR) is 106 cm³/mol. The molecule has 2 amide bonds. The molecule has 0 aliphatic heterocycles. The van der Waals surface area contributed by atoms with E-state index < -0.39 is 11.8 Å². The molecule has 0 saturated carbocycles. The van der Waals surface area contributed by atoms with Gasteiger partial charge < -0.3 is 5.32 Å². The van der Waals surface area contributed by atoms with Gasteiger partial charge in [-0.1, -0.05) is 36.4 Å². The summed E-state index contributed by atoms with van der Waals surface area (Å²) in [5, 5.41) is 16.1. The maximum atomic E-state index is 12.1. The van der Waals surface area contributed by atoms with Crippen molar-refractivity contribution in [2.75, 3.05) is 5.32 Å². The Labute approximate surface area is 161 Å². The summed E-state index contributed by atoms with van der Waals surface area (Å²) in [6.45, 7) is 0. The van der Waals surface area contributed by atoms with Crippen LogP contribution in [0.25, 0.3) is 6.08 Å². The molecule has 0 fully saturated rings. The Bertz CT molecular complexity index is 939. The number of hydrogen-bond acceptors (Lipinski definition) is 5. The van der Waals surface area contributed by atoms with Gasteiger partial charge in [0.25, 0.3) is 0 Å². The minimum Gasteiger partial charge on any atom is -0.308 e. The summed E-state index contributed by atoms with van der Waals surface area (Å²) in [4.78, 5) is 25.1. The molecule has 0 unspecified atom stereocenters. The summed E-state index contributed by atoms with van der Waals surface area (Å²) in [5.74, 6) is -1.72. The minimum absolute atomic E-state index is 0.442. The second-order valence-electron chi connectivity index (χ2n) is 5.97. The first-order valence-corrected chi connectivity index (χ1v) is 9.41. The standard InChI is InChI=1S/C20H18N4O2S/c21-13-16-15-10-4-5-11-17(15)27-20(16)23-18(25)19(26)24-22-12-6-9-14-7-2-1-3-8-14/h1-3,6-9,12H,4-5,10-11H2,(H,23,25)(H,24,26)/b9-6+,22-12+. The average Bonchev–Trinajstić information content (AvgIpc) is 3.05. The maximum absolute atomic E-state index is 12.1. The second-order valence-corrected chi connectivity index (χ2v) is 7.08. The number of nitrogens with zero attached hydrogens (tertiary/aromatic N) is 2. The van der Waals surface area contributed by atoms with Crippen molar-refractivity contribution in [2.24, 2.45) is 5.10 Å². The monoisotopic (exact) mass is 378 g/mol. The van der Waals surface area contributed by atoms with Crippen molar-refractivity contribution >= 4 is 40.4 Å². The Balaban J connectivity index is 1.56. The number of nitrogens with one attached hydrogen (secondary N) is 2. The fourth-order valence-corrected chi connectivity index (χ4v) is 4.07. The molecule has 1 aromatic heterocycles. The molecule has 7 heteroatoms. The summed E-state index contributed by atoms with van der Waals surface area (Å²) >= 11 is 1.38. The summed E-state index contributed by atoms with van der Waals surface area (Å²) < 4.78 is 0. The molecule has 0 radical (unpaired) electrons. The highest BCUT2D eigenvalue weighted by Gasteiger charge is 2.23. The largest absolute Gasteiger partial charge is 0.329 e. The SMILES string of the molecule is N#Cc1c(NC(=O)C(=O)N/N=C/C=C/c2ccccc2)sc2c1CCCC2. The van der Waals surface area contributed by atoms with Gasteiger partial charge in [-0.05, 0) is 42.9 Å². The third kappa shape index (κ3) is 4.68. The summed E-state index contributed by atoms with van der Waals surface area (Å²) in [6, 6.07) is 11.8. The summed E-state index contributed by atoms with van der Waals surface area (Å²) in [7, 11) is 0. The van der Waals surface area contributed by atoms with Crippen LogP contribution in [0.15, 0.2) is 41.5 Å². The molecule has 2 aromatic rings. The summed E-state index contributed by atoms with van der Waals surface area (Å²) in [6.07, 6.45) is 8.75. The lowest BCUT2D eigenvalue weighted by molar-refractivity contribution is -0.136. The number of benzene rings is 1. The van der Waals surface area contributed by atoms with Gasteiger partial charge in [0.05, 0.1) is 5.56 Å². The first-order chi connectivity index (χ1) is 13.2. The first kappa shape index (κ1) is 18.5. The van der Waals surface area contributed by atoms with Crippen molar-refractivity contribution < 1.29 is 9.59 Å². The van der Waals surface area contributed by atoms with Crippen LogP contribution in [0.3, 0.4) is 0 Å². The number of thiophene rings is 1. The zero-order valence-corrected chi connectivity index (χ0v) is 15.4. The predicted octanol–water partition coefficient (Wildman–Crippen LogP) is 3.25. The van der Waals surface area contributed by atoms with Crippen molar-refractivity contribution in [3.05, 3.63) is 58.0 Å². The smallest absolute Gasteiger partial charge is 0.308 e. The highest BCUT2D eigenvalue weighted by atomic mass is 32.1. The van der Waals surface area contributed by atoms with Gasteiger partial charge in [-0.15, -0.1) is 11.3 Å². The number of carbonyl (C=O) groups is 2. The van der Waals surface area contributed by atoms with Crippen LogP contribution in [0.2, 0.25) is 0 Å². The fourth-order valence-electron chi connectivity index (χ4n) is 2.84. The molecule has 3 rings (SSSR count). The average molecular weight is 378 g/mol. The Morgan fingerprint density at radius 3 is 2.70 bits per heavy atom. The Morgan fingerprint density at radius 2 is 1.93 bits per heavy atom.